The Morgan fingerprint density at radius 3 is 2.30 bits per heavy atom. The molecule has 0 radical (unpaired) electrons. The number of methoxy groups -OCH3 is 1. The minimum absolute atomic E-state index is 0.0512. The fourth-order valence-electron chi connectivity index (χ4n) is 2.20. The summed E-state index contributed by atoms with van der Waals surface area (Å²) in [5.74, 6) is 1.30. The van der Waals surface area contributed by atoms with Crippen molar-refractivity contribution in [2.45, 2.75) is 47.5 Å². The first kappa shape index (κ1) is 16.5. The molecule has 0 aromatic heterocycles. The average molecular weight is 277 g/mol. The van der Waals surface area contributed by atoms with Crippen molar-refractivity contribution in [1.29, 1.82) is 0 Å². The van der Waals surface area contributed by atoms with Gasteiger partial charge in [-0.2, -0.15) is 0 Å². The van der Waals surface area contributed by atoms with Crippen LogP contribution in [0.1, 0.15) is 53.0 Å². The van der Waals surface area contributed by atoms with Crippen molar-refractivity contribution in [1.82, 2.24) is 0 Å². The van der Waals surface area contributed by atoms with Crippen molar-refractivity contribution >= 4 is 11.6 Å². The number of carbonyl (C=O) groups is 1. The van der Waals surface area contributed by atoms with Crippen LogP contribution in [0.2, 0.25) is 0 Å². The van der Waals surface area contributed by atoms with E-state index in [4.69, 9.17) is 4.74 Å². The number of amides is 1. The van der Waals surface area contributed by atoms with Crippen molar-refractivity contribution in [3.63, 3.8) is 0 Å². The SMILES string of the molecule is COc1cc(N(CC(C)(C)C)C(C)=O)ccc1C(C)C. The lowest BCUT2D eigenvalue weighted by atomic mass is 9.95. The normalized spacial score (nSPS) is 11.6. The maximum Gasteiger partial charge on any atom is 0.223 e. The van der Waals surface area contributed by atoms with Gasteiger partial charge in [0.15, 0.2) is 0 Å². The lowest BCUT2D eigenvalue weighted by Crippen LogP contribution is -2.36. The molecule has 0 aliphatic heterocycles. The molecule has 1 amide bonds. The van der Waals surface area contributed by atoms with Crippen LogP contribution in [0, 0.1) is 5.41 Å². The van der Waals surface area contributed by atoms with Crippen molar-refractivity contribution in [2.75, 3.05) is 18.6 Å². The minimum Gasteiger partial charge on any atom is -0.496 e. The van der Waals surface area contributed by atoms with E-state index in [1.54, 1.807) is 14.0 Å². The third kappa shape index (κ3) is 4.26. The van der Waals surface area contributed by atoms with E-state index in [0.717, 1.165) is 17.0 Å². The van der Waals surface area contributed by atoms with E-state index in [-0.39, 0.29) is 11.3 Å². The summed E-state index contributed by atoms with van der Waals surface area (Å²) in [7, 11) is 1.67. The third-order valence-electron chi connectivity index (χ3n) is 3.16. The van der Waals surface area contributed by atoms with Crippen molar-refractivity contribution in [3.05, 3.63) is 23.8 Å². The standard InChI is InChI=1S/C17H27NO2/c1-12(2)15-9-8-14(10-16(15)20-7)18(13(3)19)11-17(4,5)6/h8-10,12H,11H2,1-7H3. The smallest absolute Gasteiger partial charge is 0.223 e. The molecule has 0 heterocycles. The fourth-order valence-corrected chi connectivity index (χ4v) is 2.20. The highest BCUT2D eigenvalue weighted by molar-refractivity contribution is 5.91. The molecule has 1 aromatic rings. The van der Waals surface area contributed by atoms with Gasteiger partial charge in [0.1, 0.15) is 5.75 Å². The van der Waals surface area contributed by atoms with Crippen LogP contribution in [-0.2, 0) is 4.79 Å². The molecule has 3 heteroatoms. The number of carbonyl (C=O) groups excluding carboxylic acids is 1. The van der Waals surface area contributed by atoms with Crippen molar-refractivity contribution in [2.24, 2.45) is 5.41 Å². The Kier molecular flexibility index (Phi) is 5.21. The lowest BCUT2D eigenvalue weighted by Gasteiger charge is -2.30. The van der Waals surface area contributed by atoms with Crippen LogP contribution in [0.4, 0.5) is 5.69 Å². The fraction of sp³-hybridized carbons (Fsp3) is 0.588. The van der Waals surface area contributed by atoms with Gasteiger partial charge < -0.3 is 9.64 Å². The largest absolute Gasteiger partial charge is 0.496 e. The first-order chi connectivity index (χ1) is 9.15. The predicted molar refractivity (Wildman–Crippen MR) is 84.6 cm³/mol. The van der Waals surface area contributed by atoms with Crippen LogP contribution in [0.3, 0.4) is 0 Å². The lowest BCUT2D eigenvalue weighted by molar-refractivity contribution is -0.116. The molecule has 0 atom stereocenters. The summed E-state index contributed by atoms with van der Waals surface area (Å²) < 4.78 is 5.47. The van der Waals surface area contributed by atoms with Gasteiger partial charge >= 0.3 is 0 Å². The molecule has 1 aromatic carbocycles. The molecule has 0 N–H and O–H groups in total. The summed E-state index contributed by atoms with van der Waals surface area (Å²) >= 11 is 0. The van der Waals surface area contributed by atoms with Crippen molar-refractivity contribution in [3.8, 4) is 5.75 Å². The first-order valence-electron chi connectivity index (χ1n) is 7.11. The van der Waals surface area contributed by atoms with E-state index in [1.807, 2.05) is 17.0 Å². The molecule has 0 saturated carbocycles. The second kappa shape index (κ2) is 6.29. The van der Waals surface area contributed by atoms with Gasteiger partial charge in [-0.05, 0) is 23.0 Å². The zero-order valence-corrected chi connectivity index (χ0v) is 13.8. The number of nitrogens with zero attached hydrogens (tertiary/aromatic N) is 1. The molecule has 0 spiro atoms. The van der Waals surface area contributed by atoms with Crippen molar-refractivity contribution < 1.29 is 9.53 Å². The molecule has 0 aliphatic rings. The van der Waals surface area contributed by atoms with Crippen LogP contribution < -0.4 is 9.64 Å². The van der Waals surface area contributed by atoms with Crippen LogP contribution in [0.25, 0.3) is 0 Å². The number of anilines is 1. The van der Waals surface area contributed by atoms with Gasteiger partial charge in [-0.3, -0.25) is 4.79 Å². The molecule has 0 aliphatic carbocycles. The molecule has 0 bridgehead atoms. The van der Waals surface area contributed by atoms with Gasteiger partial charge in [0.2, 0.25) is 5.91 Å². The maximum atomic E-state index is 11.9. The summed E-state index contributed by atoms with van der Waals surface area (Å²) in [4.78, 5) is 13.7. The quantitative estimate of drug-likeness (QED) is 0.824. The molecule has 20 heavy (non-hydrogen) atoms. The summed E-state index contributed by atoms with van der Waals surface area (Å²) in [5, 5.41) is 0. The predicted octanol–water partition coefficient (Wildman–Crippen LogP) is 4.22. The topological polar surface area (TPSA) is 29.5 Å². The van der Waals surface area contributed by atoms with E-state index >= 15 is 0 Å². The second-order valence-corrected chi connectivity index (χ2v) is 6.75. The number of ether oxygens (including phenoxy) is 1. The van der Waals surface area contributed by atoms with Gasteiger partial charge in [0, 0.05) is 25.2 Å². The molecule has 0 unspecified atom stereocenters. The summed E-state index contributed by atoms with van der Waals surface area (Å²) in [6.07, 6.45) is 0. The van der Waals surface area contributed by atoms with E-state index in [9.17, 15) is 4.79 Å². The van der Waals surface area contributed by atoms with Crippen LogP contribution >= 0.6 is 0 Å². The maximum absolute atomic E-state index is 11.9. The van der Waals surface area contributed by atoms with E-state index in [1.165, 1.54) is 0 Å². The van der Waals surface area contributed by atoms with Gasteiger partial charge in [-0.15, -0.1) is 0 Å². The average Bonchev–Trinajstić information content (AvgIpc) is 2.33. The van der Waals surface area contributed by atoms with E-state index in [0.29, 0.717) is 12.5 Å². The molecule has 3 nitrogen and oxygen atoms in total. The summed E-state index contributed by atoms with van der Waals surface area (Å²) in [5.41, 5.74) is 2.11. The van der Waals surface area contributed by atoms with Crippen LogP contribution in [-0.4, -0.2) is 19.6 Å². The molecule has 0 saturated heterocycles. The Bertz CT molecular complexity index is 472. The number of rotatable bonds is 4. The Balaban J connectivity index is 3.19. The van der Waals surface area contributed by atoms with Gasteiger partial charge in [0.25, 0.3) is 0 Å². The zero-order valence-electron chi connectivity index (χ0n) is 13.8. The number of hydrogen-bond acceptors (Lipinski definition) is 2. The second-order valence-electron chi connectivity index (χ2n) is 6.75. The molecule has 0 fully saturated rings. The highest BCUT2D eigenvalue weighted by Gasteiger charge is 2.21. The minimum atomic E-state index is 0.0512. The molecule has 112 valence electrons. The Labute approximate surface area is 122 Å². The highest BCUT2D eigenvalue weighted by Crippen LogP contribution is 2.32. The first-order valence-corrected chi connectivity index (χ1v) is 7.11. The molecular formula is C17H27NO2. The van der Waals surface area contributed by atoms with Crippen LogP contribution in [0.15, 0.2) is 18.2 Å². The number of benzene rings is 1. The summed E-state index contributed by atoms with van der Waals surface area (Å²) in [6.45, 7) is 12.9. The Morgan fingerprint density at radius 2 is 1.90 bits per heavy atom. The van der Waals surface area contributed by atoms with E-state index < -0.39 is 0 Å². The van der Waals surface area contributed by atoms with E-state index in [2.05, 4.69) is 40.7 Å². The van der Waals surface area contributed by atoms with Crippen LogP contribution in [0.5, 0.6) is 5.75 Å². The molecule has 1 rings (SSSR count). The Hall–Kier alpha value is -1.51. The van der Waals surface area contributed by atoms with Gasteiger partial charge in [-0.1, -0.05) is 40.7 Å². The zero-order chi connectivity index (χ0) is 15.5. The molecular weight excluding hydrogens is 250 g/mol. The van der Waals surface area contributed by atoms with Gasteiger partial charge in [-0.25, -0.2) is 0 Å². The monoisotopic (exact) mass is 277 g/mol. The summed E-state index contributed by atoms with van der Waals surface area (Å²) in [6, 6.07) is 6.02. The number of hydrogen-bond donors (Lipinski definition) is 0. The highest BCUT2D eigenvalue weighted by atomic mass is 16.5. The van der Waals surface area contributed by atoms with Gasteiger partial charge in [0.05, 0.1) is 7.11 Å². The third-order valence-corrected chi connectivity index (χ3v) is 3.16. The Morgan fingerprint density at radius 1 is 1.30 bits per heavy atom.